The Labute approximate surface area is 426 Å². The molecular weight excluding hydrogens is 927 g/mol. The zero-order valence-corrected chi connectivity index (χ0v) is 47.0. The van der Waals surface area contributed by atoms with E-state index in [1.54, 1.807) is 41.5 Å². The molecule has 0 aliphatic carbocycles. The second kappa shape index (κ2) is 30.9. The number of nitrogens with zero attached hydrogens (tertiary/aromatic N) is 1. The lowest BCUT2D eigenvalue weighted by atomic mass is 9.94. The lowest BCUT2D eigenvalue weighted by Gasteiger charge is -2.40. The molecule has 404 valence electrons. The predicted octanol–water partition coefficient (Wildman–Crippen LogP) is 7.76. The van der Waals surface area contributed by atoms with E-state index in [4.69, 9.17) is 23.4 Å². The summed E-state index contributed by atoms with van der Waals surface area (Å²) in [6.07, 6.45) is 3.28. The fraction of sp³-hybridized carbons (Fsp3) is 0.717. The number of hydrogen-bond acceptors (Lipinski definition) is 12. The summed E-state index contributed by atoms with van der Waals surface area (Å²) in [7, 11) is -0.915. The number of carbonyl (C=O) groups is 7. The number of hydrogen-bond donors (Lipinski definition) is 4. The van der Waals surface area contributed by atoms with Crippen molar-refractivity contribution in [1.82, 2.24) is 26.2 Å². The van der Waals surface area contributed by atoms with Gasteiger partial charge in [-0.15, -0.1) is 0 Å². The zero-order valence-electron chi connectivity index (χ0n) is 46.0. The molecule has 0 aliphatic heterocycles. The third kappa shape index (κ3) is 23.5. The largest absolute Gasteiger partial charge is 0.460 e. The highest BCUT2D eigenvalue weighted by atomic mass is 28.4. The molecule has 0 spiro atoms. The Morgan fingerprint density at radius 3 is 2.00 bits per heavy atom. The van der Waals surface area contributed by atoms with Crippen molar-refractivity contribution >= 4 is 50.0 Å². The fourth-order valence-corrected chi connectivity index (χ4v) is 8.64. The Balaban J connectivity index is 3.38. The van der Waals surface area contributed by atoms with Gasteiger partial charge in [-0.25, -0.2) is 9.59 Å². The van der Waals surface area contributed by atoms with Crippen molar-refractivity contribution in [1.29, 1.82) is 0 Å². The molecule has 0 radical (unpaired) electrons. The minimum absolute atomic E-state index is 0.0622. The van der Waals surface area contributed by atoms with Gasteiger partial charge in [0.1, 0.15) is 43.0 Å². The standard InChI is InChI=1S/C53H91N5O12Si/c1-18-21-22-26-29-42(68-43(59)32-54-47(61)45(57-51(65)69-52(9,10)11)38(8)70-71(16,17)53(12,13)14)37(7)49(63)58(15)41(31-35(4)5)46(60)56-44(36(6)20-3)48(62)55-40(50(64)67-30-19-2)34-66-33-39-27-24-23-25-28-39/h19,23-25,27-28,35-38,40-42,44-45H,2,18,20-22,26,29-34H2,1,3-17H3,(H,54,61)(H,55,62)(H,56,60)(H,57,65)/t36-,37-,38+,40+,41+,42-,44+,45+/m1/s1. The number of esters is 2. The van der Waals surface area contributed by atoms with Crippen molar-refractivity contribution in [3.8, 4) is 0 Å². The summed E-state index contributed by atoms with van der Waals surface area (Å²) in [5, 5.41) is 10.7. The van der Waals surface area contributed by atoms with Gasteiger partial charge in [-0.2, -0.15) is 0 Å². The summed E-state index contributed by atoms with van der Waals surface area (Å²) in [5.74, 6) is -5.26. The van der Waals surface area contributed by atoms with Gasteiger partial charge >= 0.3 is 18.0 Å². The summed E-state index contributed by atoms with van der Waals surface area (Å²) in [4.78, 5) is 97.8. The number of alkyl carbamates (subject to hydrolysis) is 1. The van der Waals surface area contributed by atoms with Gasteiger partial charge in [0.15, 0.2) is 14.4 Å². The number of ether oxygens (including phenoxy) is 4. The number of unbranched alkanes of at least 4 members (excludes halogenated alkanes) is 3. The molecule has 18 heteroatoms. The lowest BCUT2D eigenvalue weighted by molar-refractivity contribution is -0.158. The molecule has 0 aromatic heterocycles. The summed E-state index contributed by atoms with van der Waals surface area (Å²) < 4.78 is 29.0. The van der Waals surface area contributed by atoms with Crippen LogP contribution >= 0.6 is 0 Å². The number of nitrogens with one attached hydrogen (secondary N) is 4. The van der Waals surface area contributed by atoms with E-state index in [2.05, 4.69) is 55.5 Å². The smallest absolute Gasteiger partial charge is 0.408 e. The number of rotatable bonds is 31. The van der Waals surface area contributed by atoms with E-state index in [-0.39, 0.29) is 37.2 Å². The van der Waals surface area contributed by atoms with Crippen molar-refractivity contribution in [3.05, 3.63) is 48.6 Å². The normalized spacial score (nSPS) is 15.3. The minimum Gasteiger partial charge on any atom is -0.460 e. The Morgan fingerprint density at radius 2 is 1.45 bits per heavy atom. The van der Waals surface area contributed by atoms with Crippen LogP contribution in [-0.2, 0) is 58.7 Å². The highest BCUT2D eigenvalue weighted by molar-refractivity contribution is 6.74. The van der Waals surface area contributed by atoms with Crippen LogP contribution in [0.25, 0.3) is 0 Å². The van der Waals surface area contributed by atoms with E-state index >= 15 is 0 Å². The predicted molar refractivity (Wildman–Crippen MR) is 278 cm³/mol. The van der Waals surface area contributed by atoms with Crippen molar-refractivity contribution in [2.75, 3.05) is 26.8 Å². The molecule has 0 bridgehead atoms. The van der Waals surface area contributed by atoms with Crippen LogP contribution < -0.4 is 21.3 Å². The van der Waals surface area contributed by atoms with Gasteiger partial charge in [-0.05, 0) is 82.5 Å². The van der Waals surface area contributed by atoms with E-state index < -0.39 is 110 Å². The minimum atomic E-state index is -2.43. The molecule has 0 unspecified atom stereocenters. The van der Waals surface area contributed by atoms with Crippen molar-refractivity contribution < 1.29 is 56.9 Å². The maximum absolute atomic E-state index is 14.5. The molecule has 1 rings (SSSR count). The van der Waals surface area contributed by atoms with E-state index in [1.165, 1.54) is 18.0 Å². The first-order valence-corrected chi connectivity index (χ1v) is 28.3. The van der Waals surface area contributed by atoms with Gasteiger partial charge in [-0.1, -0.05) is 131 Å². The van der Waals surface area contributed by atoms with E-state index in [1.807, 2.05) is 64.2 Å². The number of carbonyl (C=O) groups excluding carboxylic acids is 7. The molecule has 0 fully saturated rings. The van der Waals surface area contributed by atoms with Gasteiger partial charge < -0.3 is 49.5 Å². The first-order valence-electron chi connectivity index (χ1n) is 25.4. The second-order valence-electron chi connectivity index (χ2n) is 21.5. The van der Waals surface area contributed by atoms with Crippen molar-refractivity contribution in [2.45, 2.75) is 202 Å². The summed E-state index contributed by atoms with van der Waals surface area (Å²) >= 11 is 0. The monoisotopic (exact) mass is 1020 g/mol. The Kier molecular flexibility index (Phi) is 28.0. The van der Waals surface area contributed by atoms with Crippen LogP contribution in [0, 0.1) is 17.8 Å². The first kappa shape index (κ1) is 64.2. The van der Waals surface area contributed by atoms with Crippen molar-refractivity contribution in [3.63, 3.8) is 0 Å². The topological polar surface area (TPSA) is 217 Å². The molecular formula is C53H91N5O12Si. The van der Waals surface area contributed by atoms with E-state index in [9.17, 15) is 33.6 Å². The van der Waals surface area contributed by atoms with Gasteiger partial charge in [0.2, 0.25) is 23.6 Å². The maximum atomic E-state index is 14.5. The molecule has 1 aromatic carbocycles. The third-order valence-corrected chi connectivity index (χ3v) is 17.2. The number of likely N-dealkylation sites (N-methyl/N-ethyl adjacent to an activating group) is 1. The number of amides is 5. The quantitative estimate of drug-likeness (QED) is 0.0185. The summed E-state index contributed by atoms with van der Waals surface area (Å²) in [6.45, 7) is 31.2. The molecule has 0 saturated heterocycles. The first-order chi connectivity index (χ1) is 33.0. The molecule has 71 heavy (non-hydrogen) atoms. The van der Waals surface area contributed by atoms with Crippen LogP contribution in [0.15, 0.2) is 43.0 Å². The molecule has 0 heterocycles. The van der Waals surface area contributed by atoms with Gasteiger partial charge in [0.05, 0.1) is 25.2 Å². The van der Waals surface area contributed by atoms with Crippen LogP contribution in [0.1, 0.15) is 141 Å². The average molecular weight is 1020 g/mol. The zero-order chi connectivity index (χ0) is 54.3. The molecule has 1 aromatic rings. The van der Waals surface area contributed by atoms with E-state index in [0.717, 1.165) is 24.8 Å². The van der Waals surface area contributed by atoms with E-state index in [0.29, 0.717) is 19.3 Å². The Hall–Kier alpha value is -4.81. The maximum Gasteiger partial charge on any atom is 0.408 e. The third-order valence-electron chi connectivity index (χ3n) is 12.6. The van der Waals surface area contributed by atoms with Gasteiger partial charge in [0, 0.05) is 7.05 Å². The second-order valence-corrected chi connectivity index (χ2v) is 26.3. The highest BCUT2D eigenvalue weighted by Crippen LogP contribution is 2.37. The molecule has 8 atom stereocenters. The van der Waals surface area contributed by atoms with Crippen molar-refractivity contribution in [2.24, 2.45) is 17.8 Å². The summed E-state index contributed by atoms with van der Waals surface area (Å²) in [6, 6.07) is 4.78. The highest BCUT2D eigenvalue weighted by Gasteiger charge is 2.42. The molecule has 0 aliphatic rings. The SMILES string of the molecule is C=CCOC(=O)[C@H](COCc1ccccc1)NC(=O)[C@@H](NC(=O)[C@H](CC(C)C)N(C)C(=O)[C@H](C)[C@@H](CCCCCC)OC(=O)CNC(=O)[C@@H](NC(=O)OC(C)(C)C)[C@H](C)O[Si](C)(C)C(C)(C)C)[C@H](C)CC. The Morgan fingerprint density at radius 1 is 0.817 bits per heavy atom. The van der Waals surface area contributed by atoms with Gasteiger partial charge in [-0.3, -0.25) is 24.0 Å². The van der Waals surface area contributed by atoms with Gasteiger partial charge in [0.25, 0.3) is 0 Å². The van der Waals surface area contributed by atoms with Crippen LogP contribution in [-0.4, -0.2) is 124 Å². The van der Waals surface area contributed by atoms with Crippen LogP contribution in [0.5, 0.6) is 0 Å². The molecule has 4 N–H and O–H groups in total. The Bertz CT molecular complexity index is 1850. The average Bonchev–Trinajstić information content (AvgIpc) is 3.28. The molecule has 5 amide bonds. The molecule has 17 nitrogen and oxygen atoms in total. The molecule has 0 saturated carbocycles. The van der Waals surface area contributed by atoms with Crippen LogP contribution in [0.3, 0.4) is 0 Å². The summed E-state index contributed by atoms with van der Waals surface area (Å²) in [5.41, 5.74) is 0.0267. The fourth-order valence-electron chi connectivity index (χ4n) is 7.22. The van der Waals surface area contributed by atoms with Crippen LogP contribution in [0.2, 0.25) is 18.1 Å². The van der Waals surface area contributed by atoms with Crippen LogP contribution in [0.4, 0.5) is 4.79 Å². The number of benzene rings is 1. The lowest BCUT2D eigenvalue weighted by Crippen LogP contribution is -2.59.